The van der Waals surface area contributed by atoms with Gasteiger partial charge in [0.05, 0.1) is 6.54 Å². The molecule has 6 nitrogen and oxygen atoms in total. The fourth-order valence-corrected chi connectivity index (χ4v) is 2.80. The lowest BCUT2D eigenvalue weighted by Crippen LogP contribution is -2.09. The molecule has 0 amide bonds. The van der Waals surface area contributed by atoms with Crippen molar-refractivity contribution < 1.29 is 8.42 Å². The summed E-state index contributed by atoms with van der Waals surface area (Å²) >= 11 is 1.44. The van der Waals surface area contributed by atoms with Gasteiger partial charge in [0, 0.05) is 18.6 Å². The van der Waals surface area contributed by atoms with Gasteiger partial charge in [0.15, 0.2) is 0 Å². The minimum Gasteiger partial charge on any atom is -0.315 e. The van der Waals surface area contributed by atoms with Gasteiger partial charge in [-0.3, -0.25) is 0 Å². The molecule has 2 heterocycles. The van der Waals surface area contributed by atoms with E-state index in [-0.39, 0.29) is 5.16 Å². The zero-order valence-corrected chi connectivity index (χ0v) is 10.4. The first-order valence-corrected chi connectivity index (χ1v) is 7.18. The van der Waals surface area contributed by atoms with E-state index in [4.69, 9.17) is 0 Å². The molecule has 2 aromatic heterocycles. The first-order chi connectivity index (χ1) is 7.47. The van der Waals surface area contributed by atoms with Crippen LogP contribution in [-0.2, 0) is 16.4 Å². The number of nitrogens with zero attached hydrogens (tertiary/aromatic N) is 4. The van der Waals surface area contributed by atoms with Crippen LogP contribution in [0.15, 0.2) is 17.6 Å². The number of aromatic nitrogens is 4. The minimum atomic E-state index is -3.30. The van der Waals surface area contributed by atoms with Crippen molar-refractivity contribution in [1.29, 1.82) is 0 Å². The van der Waals surface area contributed by atoms with Crippen molar-refractivity contribution in [3.63, 3.8) is 0 Å². The largest absolute Gasteiger partial charge is 0.315 e. The Bertz CT molecular complexity index is 599. The van der Waals surface area contributed by atoms with E-state index in [2.05, 4.69) is 15.2 Å². The zero-order valence-electron chi connectivity index (χ0n) is 8.78. The van der Waals surface area contributed by atoms with Crippen LogP contribution >= 0.6 is 11.3 Å². The number of imidazole rings is 1. The van der Waals surface area contributed by atoms with E-state index in [1.807, 2.05) is 6.92 Å². The fraction of sp³-hybridized carbons (Fsp3) is 0.375. The summed E-state index contributed by atoms with van der Waals surface area (Å²) in [5.41, 5.74) is 0. The summed E-state index contributed by atoms with van der Waals surface area (Å²) in [6.45, 7) is 2.24. The molecular formula is C8H10N4O2S2. The summed E-state index contributed by atoms with van der Waals surface area (Å²) in [6.07, 6.45) is 4.22. The Hall–Kier alpha value is -1.28. The van der Waals surface area contributed by atoms with Gasteiger partial charge >= 0.3 is 0 Å². The van der Waals surface area contributed by atoms with Crippen molar-refractivity contribution in [3.05, 3.63) is 22.4 Å². The summed E-state index contributed by atoms with van der Waals surface area (Å²) in [5, 5.41) is 9.49. The van der Waals surface area contributed by atoms with Crippen molar-refractivity contribution in [2.45, 2.75) is 18.6 Å². The van der Waals surface area contributed by atoms with Crippen LogP contribution in [0, 0.1) is 6.92 Å². The molecule has 0 aliphatic carbocycles. The van der Waals surface area contributed by atoms with Crippen LogP contribution in [0.1, 0.15) is 10.0 Å². The Morgan fingerprint density at radius 1 is 1.44 bits per heavy atom. The highest BCUT2D eigenvalue weighted by Gasteiger charge is 2.15. The monoisotopic (exact) mass is 258 g/mol. The number of hydrogen-bond acceptors (Lipinski definition) is 6. The molecule has 0 aliphatic heterocycles. The molecule has 0 aliphatic rings. The van der Waals surface area contributed by atoms with Crippen molar-refractivity contribution in [3.8, 4) is 0 Å². The van der Waals surface area contributed by atoms with Crippen LogP contribution in [0.4, 0.5) is 0 Å². The topological polar surface area (TPSA) is 77.7 Å². The lowest BCUT2D eigenvalue weighted by molar-refractivity contribution is 0.577. The Kier molecular flexibility index (Phi) is 2.76. The third-order valence-electron chi connectivity index (χ3n) is 1.88. The normalized spacial score (nSPS) is 11.9. The van der Waals surface area contributed by atoms with Crippen molar-refractivity contribution in [2.75, 3.05) is 6.26 Å². The summed E-state index contributed by atoms with van der Waals surface area (Å²) in [6, 6.07) is 0. The SMILES string of the molecule is Cc1nnc(Cn2ccnc2S(C)(=O)=O)s1. The average Bonchev–Trinajstić information content (AvgIpc) is 2.74. The summed E-state index contributed by atoms with van der Waals surface area (Å²) < 4.78 is 24.3. The molecule has 0 aromatic carbocycles. The van der Waals surface area contributed by atoms with Crippen LogP contribution < -0.4 is 0 Å². The second-order valence-electron chi connectivity index (χ2n) is 3.32. The third kappa shape index (κ3) is 2.27. The van der Waals surface area contributed by atoms with E-state index in [0.717, 1.165) is 16.3 Å². The maximum atomic E-state index is 11.4. The van der Waals surface area contributed by atoms with Gasteiger partial charge in [-0.25, -0.2) is 13.4 Å². The molecule has 0 unspecified atom stereocenters. The van der Waals surface area contributed by atoms with Gasteiger partial charge in [-0.2, -0.15) is 0 Å². The van der Waals surface area contributed by atoms with Gasteiger partial charge in [-0.15, -0.1) is 10.2 Å². The second-order valence-corrected chi connectivity index (χ2v) is 6.50. The zero-order chi connectivity index (χ0) is 11.8. The van der Waals surface area contributed by atoms with Crippen LogP contribution in [0.2, 0.25) is 0 Å². The van der Waals surface area contributed by atoms with E-state index in [1.54, 1.807) is 10.8 Å². The van der Waals surface area contributed by atoms with Gasteiger partial charge in [0.2, 0.25) is 15.0 Å². The lowest BCUT2D eigenvalue weighted by Gasteiger charge is -2.02. The number of sulfone groups is 1. The predicted molar refractivity (Wildman–Crippen MR) is 59.1 cm³/mol. The summed E-state index contributed by atoms with van der Waals surface area (Å²) in [4.78, 5) is 3.82. The Labute approximate surface area is 96.9 Å². The van der Waals surface area contributed by atoms with E-state index < -0.39 is 9.84 Å². The highest BCUT2D eigenvalue weighted by molar-refractivity contribution is 7.90. The van der Waals surface area contributed by atoms with E-state index in [1.165, 1.54) is 17.5 Å². The summed E-state index contributed by atoms with van der Waals surface area (Å²) in [7, 11) is -3.30. The first kappa shape index (κ1) is 11.2. The molecule has 0 bridgehead atoms. The first-order valence-electron chi connectivity index (χ1n) is 4.47. The van der Waals surface area contributed by atoms with Gasteiger partial charge in [0.25, 0.3) is 0 Å². The molecule has 2 aromatic rings. The Balaban J connectivity index is 2.33. The Morgan fingerprint density at radius 2 is 2.19 bits per heavy atom. The second kappa shape index (κ2) is 3.95. The molecule has 0 saturated heterocycles. The molecule has 0 atom stereocenters. The van der Waals surface area contributed by atoms with Gasteiger partial charge in [0.1, 0.15) is 10.0 Å². The smallest absolute Gasteiger partial charge is 0.227 e. The highest BCUT2D eigenvalue weighted by Crippen LogP contribution is 2.13. The fourth-order valence-electron chi connectivity index (χ4n) is 1.29. The van der Waals surface area contributed by atoms with Gasteiger partial charge in [-0.05, 0) is 6.92 Å². The number of aryl methyl sites for hydroxylation is 1. The van der Waals surface area contributed by atoms with E-state index in [9.17, 15) is 8.42 Å². The quantitative estimate of drug-likeness (QED) is 0.801. The van der Waals surface area contributed by atoms with Gasteiger partial charge < -0.3 is 4.57 Å². The molecule has 8 heteroatoms. The van der Waals surface area contributed by atoms with Crippen LogP contribution in [0.5, 0.6) is 0 Å². The molecular weight excluding hydrogens is 248 g/mol. The van der Waals surface area contributed by atoms with Crippen molar-refractivity contribution in [2.24, 2.45) is 0 Å². The third-order valence-corrected chi connectivity index (χ3v) is 3.71. The van der Waals surface area contributed by atoms with Crippen LogP contribution in [-0.4, -0.2) is 34.4 Å². The minimum absolute atomic E-state index is 0.0559. The molecule has 0 saturated carbocycles. The molecule has 0 fully saturated rings. The molecule has 0 spiro atoms. The maximum Gasteiger partial charge on any atom is 0.227 e. The average molecular weight is 258 g/mol. The lowest BCUT2D eigenvalue weighted by atomic mass is 10.6. The molecule has 0 radical (unpaired) electrons. The Morgan fingerprint density at radius 3 is 2.75 bits per heavy atom. The standard InChI is InChI=1S/C8H10N4O2S2/c1-6-10-11-7(15-6)5-12-4-3-9-8(12)16(2,13)14/h3-4H,5H2,1-2H3. The van der Waals surface area contributed by atoms with Crippen LogP contribution in [0.3, 0.4) is 0 Å². The van der Waals surface area contributed by atoms with Crippen molar-refractivity contribution >= 4 is 21.2 Å². The number of rotatable bonds is 3. The highest BCUT2D eigenvalue weighted by atomic mass is 32.2. The van der Waals surface area contributed by atoms with Gasteiger partial charge in [-0.1, -0.05) is 11.3 Å². The molecule has 2 rings (SSSR count). The van der Waals surface area contributed by atoms with E-state index >= 15 is 0 Å². The van der Waals surface area contributed by atoms with Crippen molar-refractivity contribution in [1.82, 2.24) is 19.7 Å². The maximum absolute atomic E-state index is 11.4. The summed E-state index contributed by atoms with van der Waals surface area (Å²) in [5.74, 6) is 0. The van der Waals surface area contributed by atoms with E-state index in [0.29, 0.717) is 6.54 Å². The molecule has 16 heavy (non-hydrogen) atoms. The molecule has 0 N–H and O–H groups in total. The molecule has 86 valence electrons. The number of hydrogen-bond donors (Lipinski definition) is 0. The predicted octanol–water partition coefficient (Wildman–Crippen LogP) is 0.495. The van der Waals surface area contributed by atoms with Crippen LogP contribution in [0.25, 0.3) is 0 Å².